The van der Waals surface area contributed by atoms with Gasteiger partial charge in [0.1, 0.15) is 5.58 Å². The van der Waals surface area contributed by atoms with Gasteiger partial charge in [0.15, 0.2) is 5.76 Å². The minimum Gasteiger partial charge on any atom is -0.454 e. The van der Waals surface area contributed by atoms with Gasteiger partial charge in [0, 0.05) is 16.0 Å². The van der Waals surface area contributed by atoms with Crippen LogP contribution < -0.4 is 5.32 Å². The quantitative estimate of drug-likeness (QED) is 0.759. The Kier molecular flexibility index (Phi) is 1.97. The SMILES string of the molecule is ClC1=CC=CC2Nc3c(oc4ccccc34)C=C12. The van der Waals surface area contributed by atoms with Crippen molar-refractivity contribution in [3.05, 3.63) is 58.9 Å². The standard InChI is InChI=1S/C15H10ClNO/c16-11-5-3-6-12-10(11)8-14-15(17-12)9-4-1-2-7-13(9)18-14/h1-8,12,17H. The number of anilines is 1. The van der Waals surface area contributed by atoms with Crippen LogP contribution in [0.3, 0.4) is 0 Å². The van der Waals surface area contributed by atoms with Crippen LogP contribution in [0.15, 0.2) is 57.5 Å². The molecule has 4 rings (SSSR count). The maximum absolute atomic E-state index is 6.22. The third-order valence-corrected chi connectivity index (χ3v) is 3.71. The van der Waals surface area contributed by atoms with E-state index in [2.05, 4.69) is 17.5 Å². The van der Waals surface area contributed by atoms with Crippen LogP contribution >= 0.6 is 11.6 Å². The highest BCUT2D eigenvalue weighted by molar-refractivity contribution is 6.33. The molecule has 2 heterocycles. The van der Waals surface area contributed by atoms with Gasteiger partial charge in [0.25, 0.3) is 0 Å². The van der Waals surface area contributed by atoms with Crippen molar-refractivity contribution in [1.82, 2.24) is 0 Å². The van der Waals surface area contributed by atoms with Crippen LogP contribution in [0, 0.1) is 0 Å². The monoisotopic (exact) mass is 255 g/mol. The molecule has 3 heteroatoms. The molecule has 18 heavy (non-hydrogen) atoms. The van der Waals surface area contributed by atoms with Crippen LogP contribution in [0.4, 0.5) is 5.69 Å². The first-order chi connectivity index (χ1) is 8.83. The molecule has 0 fully saturated rings. The van der Waals surface area contributed by atoms with Crippen molar-refractivity contribution in [3.63, 3.8) is 0 Å². The van der Waals surface area contributed by atoms with Crippen LogP contribution in [0.5, 0.6) is 0 Å². The molecule has 2 aromatic rings. The summed E-state index contributed by atoms with van der Waals surface area (Å²) in [6, 6.07) is 8.17. The average Bonchev–Trinajstić information content (AvgIpc) is 2.75. The van der Waals surface area contributed by atoms with Crippen molar-refractivity contribution < 1.29 is 4.42 Å². The maximum Gasteiger partial charge on any atom is 0.151 e. The van der Waals surface area contributed by atoms with E-state index in [4.69, 9.17) is 16.0 Å². The Hall–Kier alpha value is -1.93. The van der Waals surface area contributed by atoms with Crippen LogP contribution in [-0.2, 0) is 0 Å². The first-order valence-electron chi connectivity index (χ1n) is 5.87. The molecule has 2 nitrogen and oxygen atoms in total. The number of nitrogens with one attached hydrogen (secondary N) is 1. The minimum absolute atomic E-state index is 0.135. The molecule has 0 saturated carbocycles. The molecule has 1 aliphatic carbocycles. The molecule has 1 aliphatic heterocycles. The van der Waals surface area contributed by atoms with Crippen molar-refractivity contribution in [2.24, 2.45) is 0 Å². The van der Waals surface area contributed by atoms with Gasteiger partial charge in [-0.2, -0.15) is 0 Å². The van der Waals surface area contributed by atoms with E-state index in [0.29, 0.717) is 0 Å². The molecule has 2 aliphatic rings. The smallest absolute Gasteiger partial charge is 0.151 e. The van der Waals surface area contributed by atoms with E-state index in [1.807, 2.05) is 36.4 Å². The topological polar surface area (TPSA) is 25.2 Å². The number of hydrogen-bond donors (Lipinski definition) is 1. The van der Waals surface area contributed by atoms with Gasteiger partial charge >= 0.3 is 0 Å². The third kappa shape index (κ3) is 1.30. The number of furan rings is 1. The minimum atomic E-state index is 0.135. The Morgan fingerprint density at radius 2 is 2.11 bits per heavy atom. The zero-order chi connectivity index (χ0) is 12.1. The Bertz CT molecular complexity index is 736. The largest absolute Gasteiger partial charge is 0.454 e. The van der Waals surface area contributed by atoms with E-state index in [-0.39, 0.29) is 6.04 Å². The van der Waals surface area contributed by atoms with E-state index >= 15 is 0 Å². The third-order valence-electron chi connectivity index (χ3n) is 3.37. The van der Waals surface area contributed by atoms with Gasteiger partial charge in [-0.1, -0.05) is 35.9 Å². The summed E-state index contributed by atoms with van der Waals surface area (Å²) in [5.41, 5.74) is 3.01. The van der Waals surface area contributed by atoms with Gasteiger partial charge < -0.3 is 9.73 Å². The summed E-state index contributed by atoms with van der Waals surface area (Å²) < 4.78 is 5.84. The number of rotatable bonds is 0. The van der Waals surface area contributed by atoms with Crippen molar-refractivity contribution in [3.8, 4) is 0 Å². The second-order valence-electron chi connectivity index (χ2n) is 4.46. The number of hydrogen-bond acceptors (Lipinski definition) is 2. The highest BCUT2D eigenvalue weighted by Gasteiger charge is 2.26. The number of para-hydroxylation sites is 1. The highest BCUT2D eigenvalue weighted by atomic mass is 35.5. The predicted octanol–water partition coefficient (Wildman–Crippen LogP) is 4.30. The second-order valence-corrected chi connectivity index (χ2v) is 4.87. The molecule has 0 radical (unpaired) electrons. The molecular formula is C15H10ClNO. The molecule has 1 N–H and O–H groups in total. The molecule has 1 unspecified atom stereocenters. The van der Waals surface area contributed by atoms with Gasteiger partial charge in [-0.25, -0.2) is 0 Å². The van der Waals surface area contributed by atoms with E-state index in [1.165, 1.54) is 0 Å². The summed E-state index contributed by atoms with van der Waals surface area (Å²) in [5.74, 6) is 0.851. The number of fused-ring (bicyclic) bond motifs is 4. The summed E-state index contributed by atoms with van der Waals surface area (Å²) in [6.45, 7) is 0. The van der Waals surface area contributed by atoms with Crippen LogP contribution in [0.1, 0.15) is 5.76 Å². The highest BCUT2D eigenvalue weighted by Crippen LogP contribution is 2.40. The Morgan fingerprint density at radius 1 is 1.22 bits per heavy atom. The normalized spacial score (nSPS) is 20.8. The molecule has 88 valence electrons. The zero-order valence-corrected chi connectivity index (χ0v) is 10.2. The average molecular weight is 256 g/mol. The lowest BCUT2D eigenvalue weighted by Gasteiger charge is -2.25. The molecule has 0 amide bonds. The van der Waals surface area contributed by atoms with E-state index < -0.39 is 0 Å². The molecule has 1 atom stereocenters. The van der Waals surface area contributed by atoms with Gasteiger partial charge in [-0.3, -0.25) is 0 Å². The summed E-state index contributed by atoms with van der Waals surface area (Å²) in [4.78, 5) is 0. The molecule has 0 saturated heterocycles. The van der Waals surface area contributed by atoms with Crippen molar-refractivity contribution >= 4 is 34.3 Å². The first-order valence-corrected chi connectivity index (χ1v) is 6.25. The van der Waals surface area contributed by atoms with Crippen molar-refractivity contribution in [1.29, 1.82) is 0 Å². The lowest BCUT2D eigenvalue weighted by Crippen LogP contribution is -2.24. The summed E-state index contributed by atoms with van der Waals surface area (Å²) in [5, 5.41) is 5.36. The molecule has 0 bridgehead atoms. The molecular weight excluding hydrogens is 246 g/mol. The maximum atomic E-state index is 6.22. The first kappa shape index (κ1) is 10.0. The van der Waals surface area contributed by atoms with Crippen LogP contribution in [-0.4, -0.2) is 6.04 Å². The van der Waals surface area contributed by atoms with E-state index in [1.54, 1.807) is 0 Å². The van der Waals surface area contributed by atoms with Crippen molar-refractivity contribution in [2.45, 2.75) is 6.04 Å². The Balaban J connectivity index is 1.98. The number of allylic oxidation sites excluding steroid dienone is 2. The molecule has 1 aromatic heterocycles. The summed E-state index contributed by atoms with van der Waals surface area (Å²) in [6.07, 6.45) is 8.01. The fraction of sp³-hybridized carbons (Fsp3) is 0.0667. The lowest BCUT2D eigenvalue weighted by atomic mass is 9.96. The predicted molar refractivity (Wildman–Crippen MR) is 74.7 cm³/mol. The van der Waals surface area contributed by atoms with Gasteiger partial charge in [0.05, 0.1) is 11.7 Å². The van der Waals surface area contributed by atoms with E-state index in [0.717, 1.165) is 33.0 Å². The second kappa shape index (κ2) is 3.53. The Labute approximate surface area is 109 Å². The fourth-order valence-electron chi connectivity index (χ4n) is 2.50. The summed E-state index contributed by atoms with van der Waals surface area (Å²) >= 11 is 6.22. The van der Waals surface area contributed by atoms with Gasteiger partial charge in [0.2, 0.25) is 0 Å². The van der Waals surface area contributed by atoms with Crippen LogP contribution in [0.25, 0.3) is 17.0 Å². The van der Waals surface area contributed by atoms with E-state index in [9.17, 15) is 0 Å². The summed E-state index contributed by atoms with van der Waals surface area (Å²) in [7, 11) is 0. The molecule has 1 aromatic carbocycles. The fourth-order valence-corrected chi connectivity index (χ4v) is 2.74. The lowest BCUT2D eigenvalue weighted by molar-refractivity contribution is 0.602. The van der Waals surface area contributed by atoms with Crippen molar-refractivity contribution in [2.75, 3.05) is 5.32 Å². The van der Waals surface area contributed by atoms with Gasteiger partial charge in [-0.05, 0) is 24.3 Å². The van der Waals surface area contributed by atoms with Crippen LogP contribution in [0.2, 0.25) is 0 Å². The zero-order valence-electron chi connectivity index (χ0n) is 9.48. The molecule has 0 spiro atoms. The number of halogens is 1. The Morgan fingerprint density at radius 3 is 3.06 bits per heavy atom. The van der Waals surface area contributed by atoms with Gasteiger partial charge in [-0.15, -0.1) is 0 Å². The number of benzene rings is 1.